The molecular formula is C3H6O5. The quantitative estimate of drug-likeness (QED) is 0.388. The van der Waals surface area contributed by atoms with E-state index in [0.717, 1.165) is 0 Å². The van der Waals surface area contributed by atoms with Gasteiger partial charge in [-0.05, 0) is 0 Å². The Bertz CT molecular complexity index is 62.1. The van der Waals surface area contributed by atoms with Gasteiger partial charge in [0, 0.05) is 0 Å². The largest absolute Gasteiger partial charge is 0.573 e. The van der Waals surface area contributed by atoms with E-state index in [-0.39, 0.29) is 0 Å². The van der Waals surface area contributed by atoms with Gasteiger partial charge in [-0.1, -0.05) is 0 Å². The van der Waals surface area contributed by atoms with Gasteiger partial charge in [-0.2, -0.15) is 14.6 Å². The summed E-state index contributed by atoms with van der Waals surface area (Å²) in [4.78, 5) is 25.3. The molecule has 5 nitrogen and oxygen atoms in total. The fourth-order valence-electron chi connectivity index (χ4n) is 0.150. The first-order valence-corrected chi connectivity index (χ1v) is 1.76. The lowest BCUT2D eigenvalue weighted by Gasteiger charge is -1.94. The van der Waals surface area contributed by atoms with E-state index in [1.807, 2.05) is 0 Å². The highest BCUT2D eigenvalue weighted by Crippen LogP contribution is 1.82. The third-order valence-corrected chi connectivity index (χ3v) is 0.303. The predicted molar refractivity (Wildman–Crippen MR) is 21.6 cm³/mol. The lowest BCUT2D eigenvalue weighted by Crippen LogP contribution is -2.04. The van der Waals surface area contributed by atoms with E-state index >= 15 is 0 Å². The minimum absolute atomic E-state index is 1.03. The normalized spacial score (nSPS) is 8.25. The van der Waals surface area contributed by atoms with Crippen molar-refractivity contribution < 1.29 is 24.3 Å². The summed E-state index contributed by atoms with van der Waals surface area (Å²) >= 11 is 0. The molecule has 0 aliphatic heterocycles. The van der Waals surface area contributed by atoms with E-state index < -0.39 is 6.16 Å². The molecule has 48 valence electrons. The van der Waals surface area contributed by atoms with Crippen LogP contribution in [0.2, 0.25) is 0 Å². The van der Waals surface area contributed by atoms with Gasteiger partial charge in [-0.15, -0.1) is 0 Å². The molecule has 0 aliphatic rings. The first-order valence-electron chi connectivity index (χ1n) is 1.76. The molecule has 0 radical (unpaired) electrons. The first kappa shape index (κ1) is 7.19. The monoisotopic (exact) mass is 122 g/mol. The van der Waals surface area contributed by atoms with E-state index in [9.17, 15) is 4.79 Å². The number of rotatable bonds is 2. The summed E-state index contributed by atoms with van der Waals surface area (Å²) in [6.07, 6.45) is -1.03. The highest BCUT2D eigenvalue weighted by Gasteiger charge is 2.01. The van der Waals surface area contributed by atoms with Gasteiger partial charge in [0.15, 0.2) is 0 Å². The minimum atomic E-state index is -1.03. The molecular weight excluding hydrogens is 116 g/mol. The minimum Gasteiger partial charge on any atom is -0.258 e. The van der Waals surface area contributed by atoms with Crippen LogP contribution in [0.5, 0.6) is 0 Å². The van der Waals surface area contributed by atoms with Crippen LogP contribution in [0.15, 0.2) is 0 Å². The molecule has 0 aliphatic carbocycles. The number of carbonyl (C=O) groups excluding carboxylic acids is 1. The molecule has 0 aromatic heterocycles. The summed E-state index contributed by atoms with van der Waals surface area (Å²) in [5, 5.41) is 0. The van der Waals surface area contributed by atoms with Crippen LogP contribution in [-0.4, -0.2) is 20.4 Å². The molecule has 0 aromatic rings. The number of hydrogen-bond acceptors (Lipinski definition) is 5. The fourth-order valence-corrected chi connectivity index (χ4v) is 0.150. The van der Waals surface area contributed by atoms with E-state index in [1.165, 1.54) is 14.2 Å². The molecule has 0 N–H and O–H groups in total. The van der Waals surface area contributed by atoms with Crippen molar-refractivity contribution in [3.63, 3.8) is 0 Å². The Labute approximate surface area is 45.9 Å². The van der Waals surface area contributed by atoms with Crippen molar-refractivity contribution in [1.82, 2.24) is 0 Å². The van der Waals surface area contributed by atoms with Crippen LogP contribution in [0, 0.1) is 0 Å². The SMILES string of the molecule is COOC(=O)OOC. The molecule has 0 heterocycles. The smallest absolute Gasteiger partial charge is 0.258 e. The van der Waals surface area contributed by atoms with Crippen molar-refractivity contribution >= 4 is 6.16 Å². The third-order valence-electron chi connectivity index (χ3n) is 0.303. The highest BCUT2D eigenvalue weighted by atomic mass is 17.3. The lowest BCUT2D eigenvalue weighted by atomic mass is 11.4. The van der Waals surface area contributed by atoms with Crippen LogP contribution in [0.3, 0.4) is 0 Å². The van der Waals surface area contributed by atoms with Crippen LogP contribution in [0.1, 0.15) is 0 Å². The molecule has 0 amide bonds. The Balaban J connectivity index is 3.06. The second-order valence-electron chi connectivity index (χ2n) is 0.750. The Morgan fingerprint density at radius 1 is 1.12 bits per heavy atom. The summed E-state index contributed by atoms with van der Waals surface area (Å²) in [6.45, 7) is 0. The second kappa shape index (κ2) is 4.35. The second-order valence-corrected chi connectivity index (χ2v) is 0.750. The summed E-state index contributed by atoms with van der Waals surface area (Å²) in [7, 11) is 2.36. The van der Waals surface area contributed by atoms with Gasteiger partial charge >= 0.3 is 6.16 Å². The van der Waals surface area contributed by atoms with Crippen LogP contribution in [0.25, 0.3) is 0 Å². The molecule has 0 bridgehead atoms. The number of hydrogen-bond donors (Lipinski definition) is 0. The fraction of sp³-hybridized carbons (Fsp3) is 0.667. The van der Waals surface area contributed by atoms with Crippen molar-refractivity contribution in [3.8, 4) is 0 Å². The standard InChI is InChI=1S/C3H6O5/c1-5-7-3(4)8-6-2/h1-2H3. The van der Waals surface area contributed by atoms with Crippen molar-refractivity contribution in [2.75, 3.05) is 14.2 Å². The molecule has 8 heavy (non-hydrogen) atoms. The molecule has 0 saturated heterocycles. The molecule has 0 aromatic carbocycles. The topological polar surface area (TPSA) is 54.0 Å². The van der Waals surface area contributed by atoms with Gasteiger partial charge in [-0.3, -0.25) is 9.78 Å². The van der Waals surface area contributed by atoms with Gasteiger partial charge < -0.3 is 0 Å². The van der Waals surface area contributed by atoms with Crippen LogP contribution < -0.4 is 0 Å². The molecule has 5 heteroatoms. The highest BCUT2D eigenvalue weighted by molar-refractivity contribution is 5.57. The van der Waals surface area contributed by atoms with Gasteiger partial charge in [-0.25, -0.2) is 0 Å². The molecule has 0 spiro atoms. The molecule has 0 unspecified atom stereocenters. The Morgan fingerprint density at radius 2 is 1.50 bits per heavy atom. The van der Waals surface area contributed by atoms with Crippen molar-refractivity contribution in [2.45, 2.75) is 0 Å². The van der Waals surface area contributed by atoms with Crippen molar-refractivity contribution in [3.05, 3.63) is 0 Å². The first-order chi connectivity index (χ1) is 3.81. The molecule has 0 atom stereocenters. The maximum absolute atomic E-state index is 9.95. The third kappa shape index (κ3) is 3.38. The number of carbonyl (C=O) groups is 1. The maximum atomic E-state index is 9.95. The van der Waals surface area contributed by atoms with Gasteiger partial charge in [0.25, 0.3) is 0 Å². The van der Waals surface area contributed by atoms with Gasteiger partial charge in [0.2, 0.25) is 0 Å². The predicted octanol–water partition coefficient (Wildman–Crippen LogP) is 0.262. The van der Waals surface area contributed by atoms with E-state index in [0.29, 0.717) is 0 Å². The Hall–Kier alpha value is -0.810. The average molecular weight is 122 g/mol. The van der Waals surface area contributed by atoms with E-state index in [4.69, 9.17) is 0 Å². The summed E-state index contributed by atoms with van der Waals surface area (Å²) in [5.41, 5.74) is 0. The van der Waals surface area contributed by atoms with Crippen molar-refractivity contribution in [1.29, 1.82) is 0 Å². The Morgan fingerprint density at radius 3 is 1.75 bits per heavy atom. The molecule has 0 rings (SSSR count). The van der Waals surface area contributed by atoms with Gasteiger partial charge in [0.1, 0.15) is 0 Å². The van der Waals surface area contributed by atoms with Gasteiger partial charge in [0.05, 0.1) is 14.2 Å². The summed E-state index contributed by atoms with van der Waals surface area (Å²) in [5.74, 6) is 0. The van der Waals surface area contributed by atoms with Crippen LogP contribution >= 0.6 is 0 Å². The molecule has 0 saturated carbocycles. The van der Waals surface area contributed by atoms with Crippen molar-refractivity contribution in [2.24, 2.45) is 0 Å². The van der Waals surface area contributed by atoms with Crippen LogP contribution in [0.4, 0.5) is 4.79 Å². The average Bonchev–Trinajstić information content (AvgIpc) is 1.68. The van der Waals surface area contributed by atoms with E-state index in [2.05, 4.69) is 19.6 Å². The zero-order valence-electron chi connectivity index (χ0n) is 4.54. The Kier molecular flexibility index (Phi) is 3.91. The summed E-state index contributed by atoms with van der Waals surface area (Å²) in [6, 6.07) is 0. The molecule has 0 fully saturated rings. The maximum Gasteiger partial charge on any atom is 0.573 e. The zero-order chi connectivity index (χ0) is 6.41. The summed E-state index contributed by atoms with van der Waals surface area (Å²) < 4.78 is 0. The lowest BCUT2D eigenvalue weighted by molar-refractivity contribution is -0.298. The zero-order valence-corrected chi connectivity index (χ0v) is 4.54. The van der Waals surface area contributed by atoms with Crippen LogP contribution in [-0.2, 0) is 19.6 Å². The van der Waals surface area contributed by atoms with E-state index in [1.54, 1.807) is 0 Å².